The predicted molar refractivity (Wildman–Crippen MR) is 65.9 cm³/mol. The SMILES string of the molecule is Cc1cc(CCN)nc2ccc(OC(F)(F)F)cc12. The van der Waals surface area contributed by atoms with Gasteiger partial charge in [0.25, 0.3) is 0 Å². The zero-order chi connectivity index (χ0) is 14.0. The summed E-state index contributed by atoms with van der Waals surface area (Å²) in [7, 11) is 0. The highest BCUT2D eigenvalue weighted by molar-refractivity contribution is 5.83. The fourth-order valence-electron chi connectivity index (χ4n) is 1.92. The molecule has 0 aliphatic heterocycles. The second-order valence-corrected chi connectivity index (χ2v) is 4.20. The molecule has 0 aliphatic carbocycles. The van der Waals surface area contributed by atoms with Crippen LogP contribution >= 0.6 is 0 Å². The highest BCUT2D eigenvalue weighted by Crippen LogP contribution is 2.27. The Bertz CT molecular complexity index is 596. The van der Waals surface area contributed by atoms with Crippen molar-refractivity contribution in [1.29, 1.82) is 0 Å². The quantitative estimate of drug-likeness (QED) is 0.932. The Morgan fingerprint density at radius 1 is 1.26 bits per heavy atom. The number of nitrogens with two attached hydrogens (primary N) is 1. The standard InChI is InChI=1S/C13H13F3N2O/c1-8-6-9(4-5-17)18-12-3-2-10(7-11(8)12)19-13(14,15)16/h2-3,6-7H,4-5,17H2,1H3. The molecule has 1 aromatic heterocycles. The van der Waals surface area contributed by atoms with E-state index in [9.17, 15) is 13.2 Å². The maximum atomic E-state index is 12.2. The number of rotatable bonds is 3. The van der Waals surface area contributed by atoms with Crippen LogP contribution in [0.1, 0.15) is 11.3 Å². The summed E-state index contributed by atoms with van der Waals surface area (Å²) in [6, 6.07) is 5.95. The Morgan fingerprint density at radius 2 is 2.00 bits per heavy atom. The topological polar surface area (TPSA) is 48.1 Å². The van der Waals surface area contributed by atoms with E-state index in [0.717, 1.165) is 11.3 Å². The van der Waals surface area contributed by atoms with E-state index >= 15 is 0 Å². The van der Waals surface area contributed by atoms with E-state index in [-0.39, 0.29) is 5.75 Å². The first kappa shape index (κ1) is 13.6. The molecule has 0 saturated carbocycles. The lowest BCUT2D eigenvalue weighted by atomic mass is 10.1. The minimum atomic E-state index is -4.69. The third kappa shape index (κ3) is 3.35. The van der Waals surface area contributed by atoms with Crippen molar-refractivity contribution in [2.24, 2.45) is 5.73 Å². The van der Waals surface area contributed by atoms with E-state index in [1.54, 1.807) is 0 Å². The molecule has 1 heterocycles. The van der Waals surface area contributed by atoms with Crippen LogP contribution in [0.25, 0.3) is 10.9 Å². The average Bonchev–Trinajstić information content (AvgIpc) is 2.28. The van der Waals surface area contributed by atoms with Crippen LogP contribution < -0.4 is 10.5 Å². The normalized spacial score (nSPS) is 11.8. The van der Waals surface area contributed by atoms with Gasteiger partial charge >= 0.3 is 6.36 Å². The van der Waals surface area contributed by atoms with Gasteiger partial charge in [0.05, 0.1) is 5.52 Å². The van der Waals surface area contributed by atoms with E-state index < -0.39 is 6.36 Å². The fourth-order valence-corrected chi connectivity index (χ4v) is 1.92. The van der Waals surface area contributed by atoms with Gasteiger partial charge in [0.1, 0.15) is 5.75 Å². The van der Waals surface area contributed by atoms with Crippen molar-refractivity contribution in [3.63, 3.8) is 0 Å². The smallest absolute Gasteiger partial charge is 0.406 e. The van der Waals surface area contributed by atoms with Crippen LogP contribution in [-0.2, 0) is 6.42 Å². The second kappa shape index (κ2) is 5.05. The number of aromatic nitrogens is 1. The molecule has 0 fully saturated rings. The summed E-state index contributed by atoms with van der Waals surface area (Å²) in [5, 5.41) is 0.641. The van der Waals surface area contributed by atoms with Crippen LogP contribution in [0, 0.1) is 6.92 Å². The Morgan fingerprint density at radius 3 is 2.63 bits per heavy atom. The van der Waals surface area contributed by atoms with Gasteiger partial charge in [-0.3, -0.25) is 4.98 Å². The van der Waals surface area contributed by atoms with E-state index in [1.165, 1.54) is 18.2 Å². The Labute approximate surface area is 108 Å². The van der Waals surface area contributed by atoms with Crippen molar-refractivity contribution < 1.29 is 17.9 Å². The zero-order valence-electron chi connectivity index (χ0n) is 10.3. The summed E-state index contributed by atoms with van der Waals surface area (Å²) in [6.45, 7) is 2.30. The molecule has 0 radical (unpaired) electrons. The summed E-state index contributed by atoms with van der Waals surface area (Å²) in [4.78, 5) is 4.35. The molecule has 2 aromatic rings. The first-order chi connectivity index (χ1) is 8.89. The molecule has 0 atom stereocenters. The van der Waals surface area contributed by atoms with Crippen LogP contribution in [0.2, 0.25) is 0 Å². The molecule has 0 spiro atoms. The second-order valence-electron chi connectivity index (χ2n) is 4.20. The lowest BCUT2D eigenvalue weighted by Crippen LogP contribution is -2.17. The minimum Gasteiger partial charge on any atom is -0.406 e. The predicted octanol–water partition coefficient (Wildman–Crippen LogP) is 2.94. The molecule has 0 amide bonds. The molecule has 0 aliphatic rings. The van der Waals surface area contributed by atoms with Gasteiger partial charge < -0.3 is 10.5 Å². The molecule has 1 aromatic carbocycles. The van der Waals surface area contributed by atoms with Gasteiger partial charge in [-0.1, -0.05) is 0 Å². The van der Waals surface area contributed by atoms with Gasteiger partial charge in [0, 0.05) is 17.5 Å². The van der Waals surface area contributed by atoms with Crippen LogP contribution in [0.3, 0.4) is 0 Å². The number of aryl methyl sites for hydroxylation is 1. The molecule has 0 saturated heterocycles. The van der Waals surface area contributed by atoms with Gasteiger partial charge in [-0.15, -0.1) is 13.2 Å². The van der Waals surface area contributed by atoms with Crippen molar-refractivity contribution in [1.82, 2.24) is 4.98 Å². The lowest BCUT2D eigenvalue weighted by molar-refractivity contribution is -0.274. The Hall–Kier alpha value is -1.82. The third-order valence-corrected chi connectivity index (χ3v) is 2.67. The molecule has 3 nitrogen and oxygen atoms in total. The first-order valence-corrected chi connectivity index (χ1v) is 5.75. The summed E-state index contributed by atoms with van der Waals surface area (Å²) in [6.07, 6.45) is -4.05. The maximum absolute atomic E-state index is 12.2. The van der Waals surface area contributed by atoms with Crippen molar-refractivity contribution in [2.75, 3.05) is 6.54 Å². The van der Waals surface area contributed by atoms with E-state index in [1.807, 2.05) is 13.0 Å². The van der Waals surface area contributed by atoms with Crippen molar-refractivity contribution >= 4 is 10.9 Å². The molecule has 2 rings (SSSR count). The third-order valence-electron chi connectivity index (χ3n) is 2.67. The van der Waals surface area contributed by atoms with Gasteiger partial charge in [0.15, 0.2) is 0 Å². The fraction of sp³-hybridized carbons (Fsp3) is 0.308. The maximum Gasteiger partial charge on any atom is 0.573 e. The van der Waals surface area contributed by atoms with Crippen molar-refractivity contribution in [2.45, 2.75) is 19.7 Å². The molecule has 6 heteroatoms. The van der Waals surface area contributed by atoms with Crippen molar-refractivity contribution in [3.8, 4) is 5.75 Å². The number of nitrogens with zero attached hydrogens (tertiary/aromatic N) is 1. The number of pyridine rings is 1. The van der Waals surface area contributed by atoms with E-state index in [2.05, 4.69) is 9.72 Å². The van der Waals surface area contributed by atoms with Crippen molar-refractivity contribution in [3.05, 3.63) is 35.5 Å². The van der Waals surface area contributed by atoms with Gasteiger partial charge in [-0.2, -0.15) is 0 Å². The summed E-state index contributed by atoms with van der Waals surface area (Å²) in [5.74, 6) is -0.239. The zero-order valence-corrected chi connectivity index (χ0v) is 10.3. The van der Waals surface area contributed by atoms with Gasteiger partial charge in [-0.25, -0.2) is 0 Å². The largest absolute Gasteiger partial charge is 0.573 e. The summed E-state index contributed by atoms with van der Waals surface area (Å²) < 4.78 is 40.4. The molecule has 19 heavy (non-hydrogen) atoms. The summed E-state index contributed by atoms with van der Waals surface area (Å²) in [5.41, 5.74) is 7.78. The number of alkyl halides is 3. The van der Waals surface area contributed by atoms with Gasteiger partial charge in [0.2, 0.25) is 0 Å². The molecule has 0 bridgehead atoms. The Balaban J connectivity index is 2.43. The molecule has 2 N–H and O–H groups in total. The average molecular weight is 270 g/mol. The highest BCUT2D eigenvalue weighted by atomic mass is 19.4. The monoisotopic (exact) mass is 270 g/mol. The molecular formula is C13H13F3N2O. The van der Waals surface area contributed by atoms with Gasteiger partial charge in [-0.05, 0) is 43.3 Å². The van der Waals surface area contributed by atoms with Crippen LogP contribution in [0.5, 0.6) is 5.75 Å². The lowest BCUT2D eigenvalue weighted by Gasteiger charge is -2.11. The number of ether oxygens (including phenoxy) is 1. The van der Waals surface area contributed by atoms with Crippen LogP contribution in [0.15, 0.2) is 24.3 Å². The number of hydrogen-bond donors (Lipinski definition) is 1. The highest BCUT2D eigenvalue weighted by Gasteiger charge is 2.31. The van der Waals surface area contributed by atoms with Crippen LogP contribution in [0.4, 0.5) is 13.2 Å². The molecular weight excluding hydrogens is 257 g/mol. The first-order valence-electron chi connectivity index (χ1n) is 5.75. The molecule has 0 unspecified atom stereocenters. The number of hydrogen-bond acceptors (Lipinski definition) is 3. The number of benzene rings is 1. The molecule has 102 valence electrons. The number of fused-ring (bicyclic) bond motifs is 1. The van der Waals surface area contributed by atoms with E-state index in [0.29, 0.717) is 23.9 Å². The minimum absolute atomic E-state index is 0.239. The van der Waals surface area contributed by atoms with Crippen LogP contribution in [-0.4, -0.2) is 17.9 Å². The number of halogens is 3. The Kier molecular flexibility index (Phi) is 3.61. The van der Waals surface area contributed by atoms with E-state index in [4.69, 9.17) is 5.73 Å². The summed E-state index contributed by atoms with van der Waals surface area (Å²) >= 11 is 0.